The van der Waals surface area contributed by atoms with Gasteiger partial charge in [-0.3, -0.25) is 0 Å². The van der Waals surface area contributed by atoms with E-state index in [1.54, 1.807) is 30.5 Å². The molecule has 0 amide bonds. The third kappa shape index (κ3) is 3.01. The van der Waals surface area contributed by atoms with Crippen LogP contribution in [0, 0.1) is 0 Å². The minimum absolute atomic E-state index is 0.394. The maximum atomic E-state index is 6.16. The van der Waals surface area contributed by atoms with Gasteiger partial charge in [-0.15, -0.1) is 0 Å². The molecule has 21 heavy (non-hydrogen) atoms. The highest BCUT2D eigenvalue weighted by Crippen LogP contribution is 2.30. The summed E-state index contributed by atoms with van der Waals surface area (Å²) in [7, 11) is 0. The number of rotatable bonds is 2. The van der Waals surface area contributed by atoms with Crippen molar-refractivity contribution in [1.82, 2.24) is 9.97 Å². The van der Waals surface area contributed by atoms with E-state index in [0.717, 1.165) is 11.1 Å². The van der Waals surface area contributed by atoms with E-state index >= 15 is 0 Å². The molecule has 0 saturated heterocycles. The van der Waals surface area contributed by atoms with E-state index < -0.39 is 0 Å². The molecule has 3 aromatic rings. The first-order valence-electron chi connectivity index (χ1n) is 5.87. The second-order valence-electron chi connectivity index (χ2n) is 4.25. The lowest BCUT2D eigenvalue weighted by molar-refractivity contribution is 1.21. The molecule has 1 N–H and O–H groups in total. The Bertz CT molecular complexity index is 836. The smallest absolute Gasteiger partial charge is 0.227 e. The second-order valence-corrected chi connectivity index (χ2v) is 5.85. The van der Waals surface area contributed by atoms with Crippen molar-refractivity contribution < 1.29 is 0 Å². The minimum atomic E-state index is 0.394. The van der Waals surface area contributed by atoms with Gasteiger partial charge in [0.15, 0.2) is 0 Å². The van der Waals surface area contributed by atoms with Crippen LogP contribution in [-0.4, -0.2) is 9.97 Å². The van der Waals surface area contributed by atoms with Gasteiger partial charge < -0.3 is 5.32 Å². The second kappa shape index (κ2) is 5.85. The fraction of sp³-hybridized carbons (Fsp3) is 0. The summed E-state index contributed by atoms with van der Waals surface area (Å²) in [6.45, 7) is 0. The van der Waals surface area contributed by atoms with Crippen molar-refractivity contribution in [3.63, 3.8) is 0 Å². The number of nitrogens with zero attached hydrogens (tertiary/aromatic N) is 2. The summed E-state index contributed by atoms with van der Waals surface area (Å²) in [6.07, 6.45) is 1.67. The van der Waals surface area contributed by atoms with E-state index in [9.17, 15) is 0 Å². The highest BCUT2D eigenvalue weighted by atomic mass is 35.5. The maximum absolute atomic E-state index is 6.16. The summed E-state index contributed by atoms with van der Waals surface area (Å²) in [6, 6.07) is 8.68. The predicted octanol–water partition coefficient (Wildman–Crippen LogP) is 5.99. The minimum Gasteiger partial charge on any atom is -0.324 e. The van der Waals surface area contributed by atoms with Crippen molar-refractivity contribution in [1.29, 1.82) is 0 Å². The molecule has 0 atom stereocenters. The first-order chi connectivity index (χ1) is 10.0. The van der Waals surface area contributed by atoms with Crippen molar-refractivity contribution >= 4 is 68.9 Å². The summed E-state index contributed by atoms with van der Waals surface area (Å²) in [5, 5.41) is 5.63. The SMILES string of the molecule is Clc1ccc(Nc2ncc3ccc(Cl)c(Cl)c3n2)cc1Cl. The van der Waals surface area contributed by atoms with E-state index in [2.05, 4.69) is 15.3 Å². The van der Waals surface area contributed by atoms with Gasteiger partial charge in [-0.1, -0.05) is 46.4 Å². The van der Waals surface area contributed by atoms with Crippen LogP contribution in [0.3, 0.4) is 0 Å². The van der Waals surface area contributed by atoms with Crippen LogP contribution in [-0.2, 0) is 0 Å². The predicted molar refractivity (Wildman–Crippen MR) is 89.3 cm³/mol. The van der Waals surface area contributed by atoms with Gasteiger partial charge in [-0.2, -0.15) is 0 Å². The molecular weight excluding hydrogens is 352 g/mol. The molecule has 0 spiro atoms. The fourth-order valence-electron chi connectivity index (χ4n) is 1.80. The van der Waals surface area contributed by atoms with Gasteiger partial charge in [-0.25, -0.2) is 9.97 Å². The van der Waals surface area contributed by atoms with Crippen LogP contribution in [0.25, 0.3) is 10.9 Å². The summed E-state index contributed by atoms with van der Waals surface area (Å²) in [5.41, 5.74) is 1.31. The molecule has 2 aromatic carbocycles. The normalized spacial score (nSPS) is 10.9. The Labute approximate surface area is 140 Å². The number of hydrogen-bond donors (Lipinski definition) is 1. The zero-order chi connectivity index (χ0) is 15.0. The number of halogens is 4. The van der Waals surface area contributed by atoms with Crippen LogP contribution >= 0.6 is 46.4 Å². The summed E-state index contributed by atoms with van der Waals surface area (Å²) >= 11 is 24.0. The molecular formula is C14H7Cl4N3. The molecule has 0 aliphatic rings. The molecule has 0 fully saturated rings. The summed E-state index contributed by atoms with van der Waals surface area (Å²) in [5.74, 6) is 0.394. The van der Waals surface area contributed by atoms with Crippen LogP contribution in [0.2, 0.25) is 20.1 Å². The number of hydrogen-bond acceptors (Lipinski definition) is 3. The lowest BCUT2D eigenvalue weighted by Crippen LogP contribution is -1.97. The number of benzene rings is 2. The zero-order valence-corrected chi connectivity index (χ0v) is 13.4. The summed E-state index contributed by atoms with van der Waals surface area (Å²) in [4.78, 5) is 8.59. The third-order valence-corrected chi connectivity index (χ3v) is 4.35. The molecule has 7 heteroatoms. The Morgan fingerprint density at radius 2 is 1.62 bits per heavy atom. The highest BCUT2D eigenvalue weighted by Gasteiger charge is 2.08. The van der Waals surface area contributed by atoms with Gasteiger partial charge >= 0.3 is 0 Å². The third-order valence-electron chi connectivity index (χ3n) is 2.82. The topological polar surface area (TPSA) is 37.8 Å². The Kier molecular flexibility index (Phi) is 4.09. The molecule has 3 rings (SSSR count). The quantitative estimate of drug-likeness (QED) is 0.611. The monoisotopic (exact) mass is 357 g/mol. The Hall–Kier alpha value is -1.26. The van der Waals surface area contributed by atoms with Crippen molar-refractivity contribution in [2.45, 2.75) is 0 Å². The molecule has 1 heterocycles. The van der Waals surface area contributed by atoms with E-state index in [4.69, 9.17) is 46.4 Å². The van der Waals surface area contributed by atoms with Gasteiger partial charge in [0.1, 0.15) is 0 Å². The van der Waals surface area contributed by atoms with Gasteiger partial charge in [0.25, 0.3) is 0 Å². The number of fused-ring (bicyclic) bond motifs is 1. The maximum Gasteiger partial charge on any atom is 0.227 e. The number of anilines is 2. The average molecular weight is 359 g/mol. The largest absolute Gasteiger partial charge is 0.324 e. The molecule has 0 unspecified atom stereocenters. The zero-order valence-electron chi connectivity index (χ0n) is 10.4. The van der Waals surface area contributed by atoms with Crippen molar-refractivity contribution in [2.24, 2.45) is 0 Å². The first-order valence-corrected chi connectivity index (χ1v) is 7.38. The van der Waals surface area contributed by atoms with Crippen LogP contribution in [0.15, 0.2) is 36.5 Å². The number of aromatic nitrogens is 2. The van der Waals surface area contributed by atoms with E-state index in [-0.39, 0.29) is 0 Å². The molecule has 0 aliphatic carbocycles. The Morgan fingerprint density at radius 1 is 0.857 bits per heavy atom. The highest BCUT2D eigenvalue weighted by molar-refractivity contribution is 6.45. The van der Waals surface area contributed by atoms with Crippen molar-refractivity contribution in [3.8, 4) is 0 Å². The molecule has 3 nitrogen and oxygen atoms in total. The van der Waals surface area contributed by atoms with Crippen molar-refractivity contribution in [3.05, 3.63) is 56.6 Å². The van der Waals surface area contributed by atoms with Gasteiger partial charge in [0.2, 0.25) is 5.95 Å². The van der Waals surface area contributed by atoms with Gasteiger partial charge in [0.05, 0.1) is 25.6 Å². The van der Waals surface area contributed by atoms with Crippen LogP contribution in [0.4, 0.5) is 11.6 Å². The van der Waals surface area contributed by atoms with Crippen LogP contribution in [0.1, 0.15) is 0 Å². The van der Waals surface area contributed by atoms with E-state index in [0.29, 0.717) is 31.6 Å². The van der Waals surface area contributed by atoms with Crippen molar-refractivity contribution in [2.75, 3.05) is 5.32 Å². The van der Waals surface area contributed by atoms with E-state index in [1.165, 1.54) is 0 Å². The molecule has 106 valence electrons. The average Bonchev–Trinajstić information content (AvgIpc) is 2.47. The first kappa shape index (κ1) is 14.7. The van der Waals surface area contributed by atoms with Gasteiger partial charge in [-0.05, 0) is 30.3 Å². The Morgan fingerprint density at radius 3 is 2.38 bits per heavy atom. The van der Waals surface area contributed by atoms with Crippen LogP contribution < -0.4 is 5.32 Å². The fourth-order valence-corrected chi connectivity index (χ4v) is 2.47. The van der Waals surface area contributed by atoms with Crippen LogP contribution in [0.5, 0.6) is 0 Å². The lowest BCUT2D eigenvalue weighted by Gasteiger charge is -2.08. The molecule has 1 aromatic heterocycles. The Balaban J connectivity index is 2.01. The standard InChI is InChI=1S/C14H7Cl4N3/c15-9-4-2-8(5-11(9)17)20-14-19-6-7-1-3-10(16)12(18)13(7)21-14/h1-6H,(H,19,20,21). The molecule has 0 bridgehead atoms. The van der Waals surface area contributed by atoms with E-state index in [1.807, 2.05) is 6.07 Å². The van der Waals surface area contributed by atoms with Gasteiger partial charge in [0, 0.05) is 17.3 Å². The summed E-state index contributed by atoms with van der Waals surface area (Å²) < 4.78 is 0. The lowest BCUT2D eigenvalue weighted by atomic mass is 10.2. The number of nitrogens with one attached hydrogen (secondary N) is 1. The molecule has 0 aliphatic heterocycles. The molecule has 0 saturated carbocycles. The molecule has 0 radical (unpaired) electrons.